The molecule has 0 bridgehead atoms. The van der Waals surface area contributed by atoms with Gasteiger partial charge in [0.15, 0.2) is 0 Å². The third kappa shape index (κ3) is 4.98. The maximum absolute atomic E-state index is 13.9. The fourth-order valence-corrected chi connectivity index (χ4v) is 4.69. The summed E-state index contributed by atoms with van der Waals surface area (Å²) in [6.07, 6.45) is 9.88. The molecular weight excluding hydrogens is 327 g/mol. The van der Waals surface area contributed by atoms with Gasteiger partial charge in [-0.05, 0) is 94.5 Å². The fourth-order valence-electron chi connectivity index (χ4n) is 4.69. The zero-order valence-corrected chi connectivity index (χ0v) is 16.5. The highest BCUT2D eigenvalue weighted by atomic mass is 19.1. The van der Waals surface area contributed by atoms with E-state index in [9.17, 15) is 4.39 Å². The number of hydrogen-bond acceptors (Lipinski definition) is 3. The molecule has 3 nitrogen and oxygen atoms in total. The van der Waals surface area contributed by atoms with E-state index in [1.54, 1.807) is 0 Å². The van der Waals surface area contributed by atoms with Gasteiger partial charge in [-0.25, -0.2) is 4.39 Å². The SMILES string of the molecule is CCCOC1CCC(N2CCC(Cc3cc(C)cc(F)c3N)CC2)CC1. The van der Waals surface area contributed by atoms with E-state index in [0.717, 1.165) is 36.6 Å². The maximum atomic E-state index is 13.9. The van der Waals surface area contributed by atoms with Crippen LogP contribution in [-0.4, -0.2) is 36.7 Å². The Morgan fingerprint density at radius 2 is 1.81 bits per heavy atom. The molecule has 0 amide bonds. The van der Waals surface area contributed by atoms with Crippen molar-refractivity contribution in [3.63, 3.8) is 0 Å². The number of anilines is 1. The molecule has 0 unspecified atom stereocenters. The number of rotatable bonds is 6. The van der Waals surface area contributed by atoms with Crippen molar-refractivity contribution in [2.45, 2.75) is 77.4 Å². The Morgan fingerprint density at radius 1 is 1.12 bits per heavy atom. The number of ether oxygens (including phenoxy) is 1. The van der Waals surface area contributed by atoms with Crippen molar-refractivity contribution < 1.29 is 9.13 Å². The highest BCUT2D eigenvalue weighted by Crippen LogP contribution is 2.31. The van der Waals surface area contributed by atoms with Gasteiger partial charge in [-0.3, -0.25) is 0 Å². The molecule has 146 valence electrons. The van der Waals surface area contributed by atoms with Crippen LogP contribution < -0.4 is 5.73 Å². The first kappa shape index (κ1) is 19.6. The number of nitrogens with two attached hydrogens (primary N) is 1. The van der Waals surface area contributed by atoms with Crippen LogP contribution >= 0.6 is 0 Å². The van der Waals surface area contributed by atoms with Gasteiger partial charge in [0.2, 0.25) is 0 Å². The van der Waals surface area contributed by atoms with Crippen molar-refractivity contribution in [1.82, 2.24) is 4.90 Å². The molecule has 1 aromatic rings. The largest absolute Gasteiger partial charge is 0.396 e. The Bertz CT molecular complexity index is 576. The third-order valence-electron chi connectivity index (χ3n) is 6.24. The summed E-state index contributed by atoms with van der Waals surface area (Å²) >= 11 is 0. The number of likely N-dealkylation sites (tertiary alicyclic amines) is 1. The van der Waals surface area contributed by atoms with E-state index in [1.165, 1.54) is 57.7 Å². The van der Waals surface area contributed by atoms with E-state index in [0.29, 0.717) is 17.7 Å². The van der Waals surface area contributed by atoms with Gasteiger partial charge in [0.1, 0.15) is 5.82 Å². The lowest BCUT2D eigenvalue weighted by atomic mass is 9.86. The second-order valence-corrected chi connectivity index (χ2v) is 8.30. The van der Waals surface area contributed by atoms with E-state index < -0.39 is 0 Å². The standard InChI is InChI=1S/C22H35FN2O/c1-3-12-26-20-6-4-19(5-7-20)25-10-8-17(9-11-25)15-18-13-16(2)14-21(23)22(18)24/h13-14,17,19-20H,3-12,15,24H2,1-2H3. The third-order valence-corrected chi connectivity index (χ3v) is 6.24. The normalized spacial score (nSPS) is 25.5. The van der Waals surface area contributed by atoms with Gasteiger partial charge >= 0.3 is 0 Å². The van der Waals surface area contributed by atoms with Crippen LogP contribution in [0.3, 0.4) is 0 Å². The minimum atomic E-state index is -0.264. The summed E-state index contributed by atoms with van der Waals surface area (Å²) in [7, 11) is 0. The summed E-state index contributed by atoms with van der Waals surface area (Å²) in [6.45, 7) is 7.36. The molecule has 26 heavy (non-hydrogen) atoms. The molecule has 0 radical (unpaired) electrons. The summed E-state index contributed by atoms with van der Waals surface area (Å²) in [6, 6.07) is 4.32. The number of hydrogen-bond donors (Lipinski definition) is 1. The summed E-state index contributed by atoms with van der Waals surface area (Å²) in [4.78, 5) is 2.69. The Morgan fingerprint density at radius 3 is 2.46 bits per heavy atom. The molecule has 0 atom stereocenters. The van der Waals surface area contributed by atoms with Crippen LogP contribution in [0, 0.1) is 18.7 Å². The van der Waals surface area contributed by atoms with Crippen molar-refractivity contribution in [3.8, 4) is 0 Å². The van der Waals surface area contributed by atoms with Crippen LogP contribution in [0.4, 0.5) is 10.1 Å². The minimum absolute atomic E-state index is 0.264. The molecular formula is C22H35FN2O. The van der Waals surface area contributed by atoms with Gasteiger partial charge in [-0.15, -0.1) is 0 Å². The van der Waals surface area contributed by atoms with Crippen LogP contribution in [-0.2, 0) is 11.2 Å². The maximum Gasteiger partial charge on any atom is 0.146 e. The Balaban J connectivity index is 1.45. The average molecular weight is 363 g/mol. The second kappa shape index (κ2) is 9.18. The van der Waals surface area contributed by atoms with E-state index in [4.69, 9.17) is 10.5 Å². The number of piperidine rings is 1. The van der Waals surface area contributed by atoms with Gasteiger partial charge in [0, 0.05) is 12.6 Å². The van der Waals surface area contributed by atoms with Crippen molar-refractivity contribution in [1.29, 1.82) is 0 Å². The molecule has 0 aromatic heterocycles. The zero-order chi connectivity index (χ0) is 18.5. The lowest BCUT2D eigenvalue weighted by Gasteiger charge is -2.41. The molecule has 1 saturated heterocycles. The minimum Gasteiger partial charge on any atom is -0.396 e. The molecule has 1 heterocycles. The molecule has 1 aliphatic heterocycles. The molecule has 2 fully saturated rings. The number of nitrogens with zero attached hydrogens (tertiary/aromatic N) is 1. The Kier molecular flexibility index (Phi) is 6.93. The fraction of sp³-hybridized carbons (Fsp3) is 0.727. The van der Waals surface area contributed by atoms with Crippen molar-refractivity contribution >= 4 is 5.69 Å². The van der Waals surface area contributed by atoms with Gasteiger partial charge < -0.3 is 15.4 Å². The lowest BCUT2D eigenvalue weighted by molar-refractivity contribution is 0.00215. The topological polar surface area (TPSA) is 38.5 Å². The molecule has 3 rings (SSSR count). The summed E-state index contributed by atoms with van der Waals surface area (Å²) in [5.41, 5.74) is 8.27. The quantitative estimate of drug-likeness (QED) is 0.745. The number of nitrogen functional groups attached to an aromatic ring is 1. The highest BCUT2D eigenvalue weighted by molar-refractivity contribution is 5.50. The van der Waals surface area contributed by atoms with Gasteiger partial charge in [0.05, 0.1) is 11.8 Å². The predicted octanol–water partition coefficient (Wildman–Crippen LogP) is 4.71. The van der Waals surface area contributed by atoms with Gasteiger partial charge in [0.25, 0.3) is 0 Å². The summed E-state index contributed by atoms with van der Waals surface area (Å²) < 4.78 is 19.8. The lowest BCUT2D eigenvalue weighted by Crippen LogP contribution is -2.44. The van der Waals surface area contributed by atoms with Crippen LogP contribution in [0.2, 0.25) is 0 Å². The Labute approximate surface area is 158 Å². The van der Waals surface area contributed by atoms with E-state index in [-0.39, 0.29) is 5.82 Å². The molecule has 1 aliphatic carbocycles. The number of benzene rings is 1. The number of aryl methyl sites for hydroxylation is 1. The van der Waals surface area contributed by atoms with Crippen molar-refractivity contribution in [2.24, 2.45) is 5.92 Å². The summed E-state index contributed by atoms with van der Waals surface area (Å²) in [5, 5.41) is 0. The van der Waals surface area contributed by atoms with E-state index in [1.807, 2.05) is 6.92 Å². The van der Waals surface area contributed by atoms with Crippen molar-refractivity contribution in [2.75, 3.05) is 25.4 Å². The van der Waals surface area contributed by atoms with Crippen LogP contribution in [0.15, 0.2) is 12.1 Å². The monoisotopic (exact) mass is 362 g/mol. The average Bonchev–Trinajstić information content (AvgIpc) is 2.65. The first-order chi connectivity index (χ1) is 12.6. The van der Waals surface area contributed by atoms with Crippen LogP contribution in [0.5, 0.6) is 0 Å². The molecule has 0 spiro atoms. The van der Waals surface area contributed by atoms with Gasteiger partial charge in [-0.2, -0.15) is 0 Å². The first-order valence-corrected chi connectivity index (χ1v) is 10.5. The van der Waals surface area contributed by atoms with E-state index in [2.05, 4.69) is 17.9 Å². The molecule has 2 N–H and O–H groups in total. The first-order valence-electron chi connectivity index (χ1n) is 10.5. The zero-order valence-electron chi connectivity index (χ0n) is 16.5. The molecule has 1 aromatic carbocycles. The van der Waals surface area contributed by atoms with Crippen molar-refractivity contribution in [3.05, 3.63) is 29.1 Å². The summed E-state index contributed by atoms with van der Waals surface area (Å²) in [5.74, 6) is 0.360. The molecule has 4 heteroatoms. The van der Waals surface area contributed by atoms with Crippen LogP contribution in [0.25, 0.3) is 0 Å². The predicted molar refractivity (Wildman–Crippen MR) is 106 cm³/mol. The van der Waals surface area contributed by atoms with Crippen LogP contribution in [0.1, 0.15) is 63.0 Å². The Hall–Kier alpha value is -1.13. The highest BCUT2D eigenvalue weighted by Gasteiger charge is 2.29. The van der Waals surface area contributed by atoms with Gasteiger partial charge in [-0.1, -0.05) is 13.0 Å². The van der Waals surface area contributed by atoms with E-state index >= 15 is 0 Å². The number of halogens is 1. The molecule has 2 aliphatic rings. The molecule has 1 saturated carbocycles. The smallest absolute Gasteiger partial charge is 0.146 e. The second-order valence-electron chi connectivity index (χ2n) is 8.30.